The lowest BCUT2D eigenvalue weighted by molar-refractivity contribution is 0.0697. The van der Waals surface area contributed by atoms with E-state index in [1.807, 2.05) is 60.7 Å². The van der Waals surface area contributed by atoms with Gasteiger partial charge in [-0.3, -0.25) is 0 Å². The van der Waals surface area contributed by atoms with Crippen LogP contribution in [0.5, 0.6) is 0 Å². The highest BCUT2D eigenvalue weighted by atomic mass is 16.4. The monoisotopic (exact) mass is 421 g/mol. The van der Waals surface area contributed by atoms with Crippen LogP contribution in [-0.4, -0.2) is 16.1 Å². The van der Waals surface area contributed by atoms with Gasteiger partial charge in [-0.1, -0.05) is 78.9 Å². The van der Waals surface area contributed by atoms with Gasteiger partial charge in [0.2, 0.25) is 5.89 Å². The highest BCUT2D eigenvalue weighted by Crippen LogP contribution is 2.40. The average molecular weight is 421 g/mol. The summed E-state index contributed by atoms with van der Waals surface area (Å²) in [5.74, 6) is 0.841. The van der Waals surface area contributed by atoms with Crippen molar-refractivity contribution in [2.24, 2.45) is 5.92 Å². The average Bonchev–Trinajstić information content (AvgIpc) is 3.48. The minimum Gasteiger partial charge on any atom is -0.478 e. The highest BCUT2D eigenvalue weighted by molar-refractivity contribution is 5.87. The fourth-order valence-electron chi connectivity index (χ4n) is 4.32. The third-order valence-electron chi connectivity index (χ3n) is 5.96. The van der Waals surface area contributed by atoms with Crippen LogP contribution in [0.1, 0.15) is 34.7 Å². The number of aromatic carboxylic acids is 1. The second-order valence-electron chi connectivity index (χ2n) is 8.07. The zero-order chi connectivity index (χ0) is 21.9. The standard InChI is InChI=1S/C28H23NO3/c30-28(31)22-16-14-19(15-17-22)18-23-12-7-13-24(23)27-29-25(20-8-3-1-4-9-20)26(32-27)21-10-5-2-6-11-21/h1-6,8-11,13-17,23H,7,12,18H2,(H,30,31). The second-order valence-corrected chi connectivity index (χ2v) is 8.07. The van der Waals surface area contributed by atoms with Gasteiger partial charge in [-0.15, -0.1) is 0 Å². The van der Waals surface area contributed by atoms with Crippen LogP contribution in [-0.2, 0) is 6.42 Å². The summed E-state index contributed by atoms with van der Waals surface area (Å²) in [7, 11) is 0. The Labute approximate surface area is 186 Å². The number of oxazole rings is 1. The van der Waals surface area contributed by atoms with Crippen LogP contribution in [0.3, 0.4) is 0 Å². The summed E-state index contributed by atoms with van der Waals surface area (Å²) in [6.45, 7) is 0. The van der Waals surface area contributed by atoms with E-state index in [0.29, 0.717) is 11.5 Å². The molecule has 1 aliphatic carbocycles. The van der Waals surface area contributed by atoms with Gasteiger partial charge in [0.15, 0.2) is 5.76 Å². The molecule has 32 heavy (non-hydrogen) atoms. The Morgan fingerprint density at radius 2 is 1.56 bits per heavy atom. The maximum atomic E-state index is 11.1. The van der Waals surface area contributed by atoms with Crippen LogP contribution in [0.15, 0.2) is 95.4 Å². The molecule has 0 saturated heterocycles. The maximum absolute atomic E-state index is 11.1. The summed E-state index contributed by atoms with van der Waals surface area (Å²) in [5.41, 5.74) is 5.44. The van der Waals surface area contributed by atoms with E-state index in [-0.39, 0.29) is 5.92 Å². The van der Waals surface area contributed by atoms with Crippen LogP contribution < -0.4 is 0 Å². The van der Waals surface area contributed by atoms with E-state index in [9.17, 15) is 4.79 Å². The van der Waals surface area contributed by atoms with Gasteiger partial charge in [-0.05, 0) is 42.9 Å². The lowest BCUT2D eigenvalue weighted by Gasteiger charge is -2.13. The van der Waals surface area contributed by atoms with Gasteiger partial charge in [-0.25, -0.2) is 9.78 Å². The van der Waals surface area contributed by atoms with Crippen molar-refractivity contribution >= 4 is 11.5 Å². The molecule has 1 atom stereocenters. The number of hydrogen-bond acceptors (Lipinski definition) is 3. The number of carboxylic acid groups (broad SMARTS) is 1. The van der Waals surface area contributed by atoms with Crippen molar-refractivity contribution in [2.75, 3.05) is 0 Å². The summed E-state index contributed by atoms with van der Waals surface area (Å²) >= 11 is 0. The van der Waals surface area contributed by atoms with Gasteiger partial charge in [-0.2, -0.15) is 0 Å². The SMILES string of the molecule is O=C(O)c1ccc(CC2CCC=C2c2nc(-c3ccccc3)c(-c3ccccc3)o2)cc1. The molecule has 3 aromatic carbocycles. The number of carboxylic acids is 1. The van der Waals surface area contributed by atoms with Crippen molar-refractivity contribution in [1.82, 2.24) is 4.98 Å². The lowest BCUT2D eigenvalue weighted by atomic mass is 9.92. The predicted molar refractivity (Wildman–Crippen MR) is 125 cm³/mol. The maximum Gasteiger partial charge on any atom is 0.335 e. The summed E-state index contributed by atoms with van der Waals surface area (Å²) < 4.78 is 6.40. The molecule has 0 saturated carbocycles. The lowest BCUT2D eigenvalue weighted by Crippen LogP contribution is -2.04. The Hall–Kier alpha value is -3.92. The molecular formula is C28H23NO3. The molecule has 4 nitrogen and oxygen atoms in total. The van der Waals surface area contributed by atoms with E-state index in [0.717, 1.165) is 53.0 Å². The molecule has 1 aliphatic rings. The second kappa shape index (κ2) is 8.67. The minimum atomic E-state index is -0.903. The van der Waals surface area contributed by atoms with Crippen molar-refractivity contribution in [3.05, 3.63) is 108 Å². The fourth-order valence-corrected chi connectivity index (χ4v) is 4.32. The Kier molecular flexibility index (Phi) is 5.42. The molecule has 0 aliphatic heterocycles. The Bertz CT molecular complexity index is 1200. The third-order valence-corrected chi connectivity index (χ3v) is 5.96. The van der Waals surface area contributed by atoms with Crippen molar-refractivity contribution in [3.63, 3.8) is 0 Å². The normalized spacial score (nSPS) is 15.5. The van der Waals surface area contributed by atoms with Gasteiger partial charge in [0, 0.05) is 16.7 Å². The number of nitrogens with zero attached hydrogens (tertiary/aromatic N) is 1. The molecule has 1 N–H and O–H groups in total. The van der Waals surface area contributed by atoms with Crippen LogP contribution in [0.2, 0.25) is 0 Å². The Morgan fingerprint density at radius 3 is 2.22 bits per heavy atom. The van der Waals surface area contributed by atoms with E-state index in [1.54, 1.807) is 12.1 Å². The van der Waals surface area contributed by atoms with Crippen molar-refractivity contribution in [1.29, 1.82) is 0 Å². The quantitative estimate of drug-likeness (QED) is 0.374. The smallest absolute Gasteiger partial charge is 0.335 e. The molecule has 0 amide bonds. The Balaban J connectivity index is 1.48. The van der Waals surface area contributed by atoms with Gasteiger partial charge in [0.25, 0.3) is 0 Å². The molecule has 0 bridgehead atoms. The molecule has 4 aromatic rings. The van der Waals surface area contributed by atoms with Gasteiger partial charge in [0.1, 0.15) is 5.69 Å². The molecule has 1 heterocycles. The van der Waals surface area contributed by atoms with E-state index in [2.05, 4.69) is 18.2 Å². The number of hydrogen-bond donors (Lipinski definition) is 1. The molecule has 158 valence electrons. The first kappa shape index (κ1) is 20.0. The van der Waals surface area contributed by atoms with Gasteiger partial charge < -0.3 is 9.52 Å². The number of carbonyl (C=O) groups is 1. The van der Waals surface area contributed by atoms with Crippen LogP contribution in [0.4, 0.5) is 0 Å². The number of benzene rings is 3. The first-order valence-electron chi connectivity index (χ1n) is 10.8. The van der Waals surface area contributed by atoms with Crippen molar-refractivity contribution < 1.29 is 14.3 Å². The van der Waals surface area contributed by atoms with Crippen LogP contribution in [0, 0.1) is 5.92 Å². The van der Waals surface area contributed by atoms with Crippen molar-refractivity contribution in [3.8, 4) is 22.6 Å². The molecule has 0 fully saturated rings. The minimum absolute atomic E-state index is 0.288. The summed E-state index contributed by atoms with van der Waals surface area (Å²) in [5, 5.41) is 9.14. The molecule has 1 unspecified atom stereocenters. The summed E-state index contributed by atoms with van der Waals surface area (Å²) in [6.07, 6.45) is 5.07. The van der Waals surface area contributed by atoms with Crippen molar-refractivity contribution in [2.45, 2.75) is 19.3 Å². The van der Waals surface area contributed by atoms with Gasteiger partial charge in [0.05, 0.1) is 5.56 Å². The van der Waals surface area contributed by atoms with Gasteiger partial charge >= 0.3 is 5.97 Å². The molecule has 0 radical (unpaired) electrons. The molecule has 0 spiro atoms. The predicted octanol–water partition coefficient (Wildman–Crippen LogP) is 6.74. The first-order valence-corrected chi connectivity index (χ1v) is 10.8. The third kappa shape index (κ3) is 4.00. The molecular weight excluding hydrogens is 398 g/mol. The first-order chi connectivity index (χ1) is 15.7. The number of rotatable bonds is 6. The van der Waals surface area contributed by atoms with E-state index < -0.39 is 5.97 Å². The molecule has 4 heteroatoms. The topological polar surface area (TPSA) is 63.3 Å². The zero-order valence-electron chi connectivity index (χ0n) is 17.6. The summed E-state index contributed by atoms with van der Waals surface area (Å²) in [4.78, 5) is 16.1. The highest BCUT2D eigenvalue weighted by Gasteiger charge is 2.27. The largest absolute Gasteiger partial charge is 0.478 e. The van der Waals surface area contributed by atoms with Crippen LogP contribution in [0.25, 0.3) is 28.2 Å². The van der Waals surface area contributed by atoms with Crippen LogP contribution >= 0.6 is 0 Å². The van der Waals surface area contributed by atoms with E-state index >= 15 is 0 Å². The summed E-state index contributed by atoms with van der Waals surface area (Å²) in [6, 6.07) is 27.4. The number of aromatic nitrogens is 1. The number of allylic oxidation sites excluding steroid dienone is 2. The zero-order valence-corrected chi connectivity index (χ0v) is 17.6. The van der Waals surface area contributed by atoms with E-state index in [4.69, 9.17) is 14.5 Å². The molecule has 1 aromatic heterocycles. The Morgan fingerprint density at radius 1 is 0.906 bits per heavy atom. The molecule has 5 rings (SSSR count). The van der Waals surface area contributed by atoms with E-state index in [1.165, 1.54) is 0 Å². The fraction of sp³-hybridized carbons (Fsp3) is 0.143.